The molecule has 0 bridgehead atoms. The molecular weight excluding hydrogens is 220 g/mol. The van der Waals surface area contributed by atoms with Gasteiger partial charge in [-0.15, -0.1) is 0 Å². The highest BCUT2D eigenvalue weighted by Crippen LogP contribution is 2.32. The molecule has 0 saturated heterocycles. The van der Waals surface area contributed by atoms with Crippen molar-refractivity contribution in [2.75, 3.05) is 0 Å². The maximum atomic E-state index is 10.7. The highest BCUT2D eigenvalue weighted by molar-refractivity contribution is 5.88. The molecule has 86 valence electrons. The maximum absolute atomic E-state index is 10.7. The third kappa shape index (κ3) is 2.20. The van der Waals surface area contributed by atoms with E-state index in [2.05, 4.69) is 0 Å². The first-order valence-corrected chi connectivity index (χ1v) is 4.93. The van der Waals surface area contributed by atoms with Crippen LogP contribution in [0.25, 0.3) is 11.1 Å². The predicted molar refractivity (Wildman–Crippen MR) is 62.2 cm³/mol. The molecule has 0 atom stereocenters. The van der Waals surface area contributed by atoms with Crippen molar-refractivity contribution in [3.8, 4) is 22.6 Å². The van der Waals surface area contributed by atoms with E-state index >= 15 is 0 Å². The van der Waals surface area contributed by atoms with Gasteiger partial charge in [-0.25, -0.2) is 4.79 Å². The average molecular weight is 230 g/mol. The molecule has 0 unspecified atom stereocenters. The number of rotatable bonds is 2. The van der Waals surface area contributed by atoms with Crippen LogP contribution in [0.5, 0.6) is 11.5 Å². The molecule has 0 heterocycles. The highest BCUT2D eigenvalue weighted by Gasteiger charge is 2.07. The van der Waals surface area contributed by atoms with Crippen LogP contribution in [0, 0.1) is 0 Å². The summed E-state index contributed by atoms with van der Waals surface area (Å²) in [4.78, 5) is 10.7. The zero-order valence-corrected chi connectivity index (χ0v) is 8.79. The Balaban J connectivity index is 2.46. The topological polar surface area (TPSA) is 77.8 Å². The van der Waals surface area contributed by atoms with Gasteiger partial charge >= 0.3 is 5.97 Å². The van der Waals surface area contributed by atoms with E-state index in [-0.39, 0.29) is 17.1 Å². The average Bonchev–Trinajstić information content (AvgIpc) is 2.32. The van der Waals surface area contributed by atoms with Crippen molar-refractivity contribution in [3.05, 3.63) is 48.0 Å². The van der Waals surface area contributed by atoms with E-state index < -0.39 is 5.97 Å². The van der Waals surface area contributed by atoms with Crippen LogP contribution < -0.4 is 0 Å². The number of carboxylic acid groups (broad SMARTS) is 1. The van der Waals surface area contributed by atoms with Gasteiger partial charge in [0.1, 0.15) is 11.5 Å². The Hall–Kier alpha value is -2.49. The molecule has 0 aliphatic heterocycles. The summed E-state index contributed by atoms with van der Waals surface area (Å²) in [6, 6.07) is 10.2. The molecular formula is C13H10O4. The quantitative estimate of drug-likeness (QED) is 0.692. The third-order valence-electron chi connectivity index (χ3n) is 2.42. The van der Waals surface area contributed by atoms with Crippen LogP contribution in [0.1, 0.15) is 10.4 Å². The van der Waals surface area contributed by atoms with Gasteiger partial charge in [-0.1, -0.05) is 12.1 Å². The lowest BCUT2D eigenvalue weighted by Gasteiger charge is -2.05. The monoisotopic (exact) mass is 230 g/mol. The first-order chi connectivity index (χ1) is 8.08. The number of aromatic hydroxyl groups is 2. The molecule has 0 saturated carbocycles. The van der Waals surface area contributed by atoms with Crippen LogP contribution in [0.4, 0.5) is 0 Å². The van der Waals surface area contributed by atoms with Crippen molar-refractivity contribution in [2.45, 2.75) is 0 Å². The third-order valence-corrected chi connectivity index (χ3v) is 2.42. The largest absolute Gasteiger partial charge is 0.508 e. The minimum atomic E-state index is -1.00. The summed E-state index contributed by atoms with van der Waals surface area (Å²) >= 11 is 0. The Labute approximate surface area is 97.4 Å². The Kier molecular flexibility index (Phi) is 2.70. The molecule has 0 spiro atoms. The van der Waals surface area contributed by atoms with Gasteiger partial charge in [0, 0.05) is 5.56 Å². The van der Waals surface area contributed by atoms with Crippen molar-refractivity contribution in [2.24, 2.45) is 0 Å². The van der Waals surface area contributed by atoms with Gasteiger partial charge < -0.3 is 15.3 Å². The van der Waals surface area contributed by atoms with Crippen LogP contribution in [-0.4, -0.2) is 21.3 Å². The Morgan fingerprint density at radius 2 is 1.59 bits per heavy atom. The molecule has 17 heavy (non-hydrogen) atoms. The van der Waals surface area contributed by atoms with E-state index in [1.165, 1.54) is 30.3 Å². The second-order valence-corrected chi connectivity index (χ2v) is 3.58. The van der Waals surface area contributed by atoms with Crippen molar-refractivity contribution in [3.63, 3.8) is 0 Å². The summed E-state index contributed by atoms with van der Waals surface area (Å²) in [5.74, 6) is -0.928. The fourth-order valence-electron chi connectivity index (χ4n) is 1.55. The summed E-state index contributed by atoms with van der Waals surface area (Å²) in [6.07, 6.45) is 0. The molecule has 4 nitrogen and oxygen atoms in total. The fourth-order valence-corrected chi connectivity index (χ4v) is 1.55. The van der Waals surface area contributed by atoms with E-state index in [1.807, 2.05) is 0 Å². The molecule has 0 aromatic heterocycles. The van der Waals surface area contributed by atoms with Gasteiger partial charge in [0.15, 0.2) is 0 Å². The lowest BCUT2D eigenvalue weighted by atomic mass is 10.0. The van der Waals surface area contributed by atoms with Crippen LogP contribution in [0.15, 0.2) is 42.5 Å². The second kappa shape index (κ2) is 4.17. The maximum Gasteiger partial charge on any atom is 0.335 e. The summed E-state index contributed by atoms with van der Waals surface area (Å²) in [7, 11) is 0. The molecule has 4 heteroatoms. The van der Waals surface area contributed by atoms with Gasteiger partial charge in [0.05, 0.1) is 5.56 Å². The van der Waals surface area contributed by atoms with Gasteiger partial charge in [-0.3, -0.25) is 0 Å². The van der Waals surface area contributed by atoms with E-state index in [4.69, 9.17) is 5.11 Å². The Morgan fingerprint density at radius 3 is 2.18 bits per heavy atom. The van der Waals surface area contributed by atoms with Crippen molar-refractivity contribution >= 4 is 5.97 Å². The first-order valence-electron chi connectivity index (χ1n) is 4.93. The number of hydrogen-bond acceptors (Lipinski definition) is 3. The lowest BCUT2D eigenvalue weighted by molar-refractivity contribution is 0.0697. The number of phenols is 2. The Bertz CT molecular complexity index is 558. The number of aromatic carboxylic acids is 1. The summed E-state index contributed by atoms with van der Waals surface area (Å²) in [5.41, 5.74) is 1.28. The molecule has 2 aromatic carbocycles. The van der Waals surface area contributed by atoms with Crippen molar-refractivity contribution in [1.29, 1.82) is 0 Å². The molecule has 2 rings (SSSR count). The standard InChI is InChI=1S/C13H10O4/c14-10-5-6-12(15)11(7-10)8-1-3-9(4-2-8)13(16)17/h1-7,14-15H,(H,16,17). The zero-order valence-electron chi connectivity index (χ0n) is 8.79. The van der Waals surface area contributed by atoms with Crippen LogP contribution in [0.3, 0.4) is 0 Å². The van der Waals surface area contributed by atoms with Crippen LogP contribution in [-0.2, 0) is 0 Å². The van der Waals surface area contributed by atoms with Crippen molar-refractivity contribution in [1.82, 2.24) is 0 Å². The Morgan fingerprint density at radius 1 is 0.941 bits per heavy atom. The second-order valence-electron chi connectivity index (χ2n) is 3.58. The molecule has 0 amide bonds. The van der Waals surface area contributed by atoms with E-state index in [9.17, 15) is 15.0 Å². The highest BCUT2D eigenvalue weighted by atomic mass is 16.4. The first kappa shape index (κ1) is 11.0. The smallest absolute Gasteiger partial charge is 0.335 e. The molecule has 3 N–H and O–H groups in total. The van der Waals surface area contributed by atoms with Gasteiger partial charge in [-0.2, -0.15) is 0 Å². The van der Waals surface area contributed by atoms with Gasteiger partial charge in [0.2, 0.25) is 0 Å². The number of hydrogen-bond donors (Lipinski definition) is 3. The molecule has 2 aromatic rings. The number of carbonyl (C=O) groups is 1. The minimum absolute atomic E-state index is 0.0332. The van der Waals surface area contributed by atoms with E-state index in [1.54, 1.807) is 12.1 Å². The van der Waals surface area contributed by atoms with Gasteiger partial charge in [-0.05, 0) is 35.9 Å². The normalized spacial score (nSPS) is 10.1. The lowest BCUT2D eigenvalue weighted by Crippen LogP contribution is -1.94. The van der Waals surface area contributed by atoms with Gasteiger partial charge in [0.25, 0.3) is 0 Å². The molecule has 0 aliphatic carbocycles. The summed E-state index contributed by atoms with van der Waals surface area (Å²) in [5, 5.41) is 27.7. The SMILES string of the molecule is O=C(O)c1ccc(-c2cc(O)ccc2O)cc1. The summed E-state index contributed by atoms with van der Waals surface area (Å²) in [6.45, 7) is 0. The minimum Gasteiger partial charge on any atom is -0.508 e. The molecule has 0 fully saturated rings. The van der Waals surface area contributed by atoms with Crippen molar-refractivity contribution < 1.29 is 20.1 Å². The van der Waals surface area contributed by atoms with E-state index in [0.717, 1.165) is 0 Å². The van der Waals surface area contributed by atoms with Crippen LogP contribution >= 0.6 is 0 Å². The molecule has 0 radical (unpaired) electrons. The van der Waals surface area contributed by atoms with Crippen LogP contribution in [0.2, 0.25) is 0 Å². The predicted octanol–water partition coefficient (Wildman–Crippen LogP) is 2.46. The van der Waals surface area contributed by atoms with E-state index in [0.29, 0.717) is 11.1 Å². The zero-order chi connectivity index (χ0) is 12.4. The molecule has 0 aliphatic rings. The number of carboxylic acids is 1. The fraction of sp³-hybridized carbons (Fsp3) is 0. The summed E-state index contributed by atoms with van der Waals surface area (Å²) < 4.78 is 0. The number of benzene rings is 2. The number of phenolic OH excluding ortho intramolecular Hbond substituents is 2.